The summed E-state index contributed by atoms with van der Waals surface area (Å²) >= 11 is 0. The molecule has 0 unspecified atom stereocenters. The Morgan fingerprint density at radius 3 is 2.33 bits per heavy atom. The number of aryl methyl sites for hydroxylation is 1. The molecule has 0 atom stereocenters. The van der Waals surface area contributed by atoms with Crippen LogP contribution in [0.5, 0.6) is 0 Å². The normalized spacial score (nSPS) is 10.7. The number of benzene rings is 3. The Hall–Kier alpha value is -3.86. The van der Waals surface area contributed by atoms with E-state index in [4.69, 9.17) is 0 Å². The lowest BCUT2D eigenvalue weighted by Gasteiger charge is -2.23. The van der Waals surface area contributed by atoms with Gasteiger partial charge >= 0.3 is 6.03 Å². The first-order valence-electron chi connectivity index (χ1n) is 9.86. The van der Waals surface area contributed by atoms with Gasteiger partial charge in [0.1, 0.15) is 0 Å². The number of amides is 2. The number of pyridine rings is 1. The lowest BCUT2D eigenvalue weighted by atomic mass is 10.1. The number of nitrogens with one attached hydrogen (secondary N) is 2. The maximum Gasteiger partial charge on any atom is 0.322 e. The van der Waals surface area contributed by atoms with Crippen LogP contribution in [0.4, 0.5) is 10.5 Å². The molecule has 2 amide bonds. The van der Waals surface area contributed by atoms with E-state index >= 15 is 0 Å². The van der Waals surface area contributed by atoms with Gasteiger partial charge in [0, 0.05) is 23.3 Å². The van der Waals surface area contributed by atoms with Gasteiger partial charge in [-0.2, -0.15) is 0 Å². The zero-order valence-corrected chi connectivity index (χ0v) is 16.8. The second-order valence-corrected chi connectivity index (χ2v) is 7.35. The summed E-state index contributed by atoms with van der Waals surface area (Å²) < 4.78 is 0. The number of rotatable bonds is 5. The molecule has 0 saturated heterocycles. The van der Waals surface area contributed by atoms with Crippen molar-refractivity contribution in [3.63, 3.8) is 0 Å². The number of aromatic nitrogens is 1. The number of H-pyrrole nitrogens is 1. The summed E-state index contributed by atoms with van der Waals surface area (Å²) in [4.78, 5) is 30.3. The summed E-state index contributed by atoms with van der Waals surface area (Å²) in [5, 5.41) is 3.86. The van der Waals surface area contributed by atoms with Crippen molar-refractivity contribution < 1.29 is 4.79 Å². The van der Waals surface area contributed by atoms with Crippen molar-refractivity contribution in [2.24, 2.45) is 0 Å². The fourth-order valence-electron chi connectivity index (χ4n) is 3.41. The molecule has 2 N–H and O–H groups in total. The van der Waals surface area contributed by atoms with Gasteiger partial charge in [0.15, 0.2) is 0 Å². The first-order chi connectivity index (χ1) is 14.6. The molecule has 0 spiro atoms. The topological polar surface area (TPSA) is 65.2 Å². The van der Waals surface area contributed by atoms with Gasteiger partial charge in [0.2, 0.25) is 0 Å². The summed E-state index contributed by atoms with van der Waals surface area (Å²) in [5.74, 6) is 0. The first-order valence-corrected chi connectivity index (χ1v) is 9.86. The van der Waals surface area contributed by atoms with E-state index in [1.807, 2.05) is 91.9 Å². The second kappa shape index (κ2) is 8.66. The number of anilines is 1. The molecule has 4 rings (SSSR count). The van der Waals surface area contributed by atoms with Crippen LogP contribution in [0.15, 0.2) is 89.7 Å². The highest BCUT2D eigenvalue weighted by Gasteiger charge is 2.17. The molecule has 0 radical (unpaired) electrons. The van der Waals surface area contributed by atoms with E-state index in [-0.39, 0.29) is 18.1 Å². The summed E-state index contributed by atoms with van der Waals surface area (Å²) in [6.07, 6.45) is 0. The average Bonchev–Trinajstić information content (AvgIpc) is 2.75. The number of urea groups is 1. The third kappa shape index (κ3) is 4.58. The SMILES string of the molecule is Cc1ccc2cc(CN(Cc3ccccc3)C(=O)Nc3ccccc3)c(=O)[nH]c2c1. The van der Waals surface area contributed by atoms with Crippen LogP contribution >= 0.6 is 0 Å². The van der Waals surface area contributed by atoms with Gasteiger partial charge in [-0.1, -0.05) is 60.7 Å². The molecule has 30 heavy (non-hydrogen) atoms. The Morgan fingerprint density at radius 2 is 1.60 bits per heavy atom. The molecule has 4 aromatic rings. The number of carbonyl (C=O) groups excluding carboxylic acids is 1. The molecule has 0 fully saturated rings. The standard InChI is InChI=1S/C25H23N3O2/c1-18-12-13-20-15-21(24(29)27-23(20)14-18)17-28(16-19-8-4-2-5-9-19)25(30)26-22-10-6-3-7-11-22/h2-15H,16-17H2,1H3,(H,26,30)(H,27,29). The van der Waals surface area contributed by atoms with Crippen molar-refractivity contribution in [3.05, 3.63) is 112 Å². The predicted octanol–water partition coefficient (Wildman–Crippen LogP) is 5.07. The smallest absolute Gasteiger partial charge is 0.322 e. The Morgan fingerprint density at radius 1 is 0.900 bits per heavy atom. The van der Waals surface area contributed by atoms with Gasteiger partial charge in [-0.25, -0.2) is 4.79 Å². The highest BCUT2D eigenvalue weighted by molar-refractivity contribution is 5.89. The fraction of sp³-hybridized carbons (Fsp3) is 0.120. The highest BCUT2D eigenvalue weighted by atomic mass is 16.2. The van der Waals surface area contributed by atoms with Crippen molar-refractivity contribution >= 4 is 22.6 Å². The molecule has 150 valence electrons. The lowest BCUT2D eigenvalue weighted by molar-refractivity contribution is 0.206. The number of para-hydroxylation sites is 1. The largest absolute Gasteiger partial charge is 0.322 e. The number of hydrogen-bond donors (Lipinski definition) is 2. The average molecular weight is 397 g/mol. The van der Waals surface area contributed by atoms with Crippen LogP contribution in [-0.4, -0.2) is 15.9 Å². The molecule has 0 bridgehead atoms. The number of hydrogen-bond acceptors (Lipinski definition) is 2. The molecule has 0 aliphatic heterocycles. The summed E-state index contributed by atoms with van der Waals surface area (Å²) in [5.41, 5.74) is 3.95. The van der Waals surface area contributed by atoms with Gasteiger partial charge in [0.05, 0.1) is 6.54 Å². The van der Waals surface area contributed by atoms with Gasteiger partial charge in [0.25, 0.3) is 5.56 Å². The van der Waals surface area contributed by atoms with Gasteiger partial charge in [-0.3, -0.25) is 4.79 Å². The van der Waals surface area contributed by atoms with Crippen molar-refractivity contribution in [2.75, 3.05) is 5.32 Å². The highest BCUT2D eigenvalue weighted by Crippen LogP contribution is 2.16. The molecule has 0 saturated carbocycles. The summed E-state index contributed by atoms with van der Waals surface area (Å²) in [7, 11) is 0. The van der Waals surface area contributed by atoms with Crippen LogP contribution in [0.3, 0.4) is 0 Å². The fourth-order valence-corrected chi connectivity index (χ4v) is 3.41. The van der Waals surface area contributed by atoms with Crippen molar-refractivity contribution in [3.8, 4) is 0 Å². The van der Waals surface area contributed by atoms with Crippen LogP contribution in [0, 0.1) is 6.92 Å². The van der Waals surface area contributed by atoms with Crippen LogP contribution in [-0.2, 0) is 13.1 Å². The number of carbonyl (C=O) groups is 1. The zero-order chi connectivity index (χ0) is 20.9. The summed E-state index contributed by atoms with van der Waals surface area (Å²) in [6, 6.07) is 26.6. The molecular formula is C25H23N3O2. The molecule has 1 heterocycles. The van der Waals surface area contributed by atoms with Crippen LogP contribution in [0.2, 0.25) is 0 Å². The van der Waals surface area contributed by atoms with E-state index in [0.717, 1.165) is 22.0 Å². The maximum absolute atomic E-state index is 13.0. The lowest BCUT2D eigenvalue weighted by Crippen LogP contribution is -2.35. The molecular weight excluding hydrogens is 374 g/mol. The van der Waals surface area contributed by atoms with Crippen LogP contribution in [0.1, 0.15) is 16.7 Å². The first kappa shape index (κ1) is 19.5. The molecule has 1 aromatic heterocycles. The van der Waals surface area contributed by atoms with Crippen molar-refractivity contribution in [1.82, 2.24) is 9.88 Å². The minimum atomic E-state index is -0.256. The molecule has 0 aliphatic rings. The molecule has 3 aromatic carbocycles. The van der Waals surface area contributed by atoms with Crippen LogP contribution in [0.25, 0.3) is 10.9 Å². The third-order valence-corrected chi connectivity index (χ3v) is 4.97. The Bertz CT molecular complexity index is 1220. The summed E-state index contributed by atoms with van der Waals surface area (Å²) in [6.45, 7) is 2.58. The van der Waals surface area contributed by atoms with Crippen molar-refractivity contribution in [1.29, 1.82) is 0 Å². The Labute approximate surface area is 175 Å². The second-order valence-electron chi connectivity index (χ2n) is 7.35. The minimum Gasteiger partial charge on any atom is -0.322 e. The van der Waals surface area contributed by atoms with E-state index in [1.54, 1.807) is 4.90 Å². The number of fused-ring (bicyclic) bond motifs is 1. The van der Waals surface area contributed by atoms with Gasteiger partial charge < -0.3 is 15.2 Å². The van der Waals surface area contributed by atoms with E-state index in [1.165, 1.54) is 0 Å². The molecule has 0 aliphatic carbocycles. The third-order valence-electron chi connectivity index (χ3n) is 4.97. The number of nitrogens with zero attached hydrogens (tertiary/aromatic N) is 1. The van der Waals surface area contributed by atoms with E-state index < -0.39 is 0 Å². The zero-order valence-electron chi connectivity index (χ0n) is 16.8. The monoisotopic (exact) mass is 397 g/mol. The maximum atomic E-state index is 13.0. The van der Waals surface area contributed by atoms with Crippen molar-refractivity contribution in [2.45, 2.75) is 20.0 Å². The van der Waals surface area contributed by atoms with E-state index in [2.05, 4.69) is 10.3 Å². The quantitative estimate of drug-likeness (QED) is 0.494. The van der Waals surface area contributed by atoms with Gasteiger partial charge in [-0.05, 0) is 47.7 Å². The molecule has 5 nitrogen and oxygen atoms in total. The Balaban J connectivity index is 1.64. The Kier molecular flexibility index (Phi) is 5.61. The van der Waals surface area contributed by atoms with Gasteiger partial charge in [-0.15, -0.1) is 0 Å². The van der Waals surface area contributed by atoms with Crippen LogP contribution < -0.4 is 10.9 Å². The molecule has 5 heteroatoms. The predicted molar refractivity (Wildman–Crippen MR) is 120 cm³/mol. The number of aromatic amines is 1. The van der Waals surface area contributed by atoms with E-state index in [9.17, 15) is 9.59 Å². The van der Waals surface area contributed by atoms with E-state index in [0.29, 0.717) is 17.8 Å². The minimum absolute atomic E-state index is 0.182.